The Morgan fingerprint density at radius 1 is 1.33 bits per heavy atom. The highest BCUT2D eigenvalue weighted by Gasteiger charge is 2.11. The topological polar surface area (TPSA) is 45.4 Å². The number of hydrogen-bond donors (Lipinski definition) is 2. The number of rotatable bonds is 5. The number of fused-ring (bicyclic) bond motifs is 1. The van der Waals surface area contributed by atoms with Crippen molar-refractivity contribution < 1.29 is 9.52 Å². The van der Waals surface area contributed by atoms with Gasteiger partial charge in [0.2, 0.25) is 0 Å². The van der Waals surface area contributed by atoms with Gasteiger partial charge in [-0.25, -0.2) is 0 Å². The number of halogens is 1. The maximum atomic E-state index is 9.20. The van der Waals surface area contributed by atoms with Gasteiger partial charge in [-0.2, -0.15) is 0 Å². The van der Waals surface area contributed by atoms with Gasteiger partial charge < -0.3 is 14.8 Å². The molecule has 0 radical (unpaired) electrons. The van der Waals surface area contributed by atoms with Gasteiger partial charge in [0.05, 0.1) is 12.1 Å². The molecule has 3 nitrogen and oxygen atoms in total. The Labute approximate surface area is 112 Å². The van der Waals surface area contributed by atoms with Gasteiger partial charge in [-0.15, -0.1) is 0 Å². The van der Waals surface area contributed by atoms with Crippen LogP contribution >= 0.6 is 11.6 Å². The highest BCUT2D eigenvalue weighted by molar-refractivity contribution is 6.31. The van der Waals surface area contributed by atoms with Crippen molar-refractivity contribution in [3.8, 4) is 0 Å². The van der Waals surface area contributed by atoms with Gasteiger partial charge in [0.15, 0.2) is 0 Å². The number of nitrogens with one attached hydrogen (secondary N) is 1. The molecular formula is C14H18ClNO2. The molecule has 98 valence electrons. The molecule has 0 aliphatic rings. The zero-order valence-corrected chi connectivity index (χ0v) is 11.4. The third-order valence-corrected chi connectivity index (χ3v) is 3.17. The van der Waals surface area contributed by atoms with Gasteiger partial charge in [0.25, 0.3) is 0 Å². The Morgan fingerprint density at radius 3 is 2.83 bits per heavy atom. The van der Waals surface area contributed by atoms with Crippen molar-refractivity contribution in [3.63, 3.8) is 0 Å². The van der Waals surface area contributed by atoms with E-state index in [1.807, 2.05) is 31.2 Å². The molecule has 2 atom stereocenters. The smallest absolute Gasteiger partial charge is 0.134 e. The molecule has 2 N–H and O–H groups in total. The molecule has 1 heterocycles. The lowest BCUT2D eigenvalue weighted by Crippen LogP contribution is -2.22. The second kappa shape index (κ2) is 5.74. The first-order valence-corrected chi connectivity index (χ1v) is 6.54. The maximum Gasteiger partial charge on any atom is 0.134 e. The molecule has 0 saturated heterocycles. The van der Waals surface area contributed by atoms with Crippen LogP contribution in [0.5, 0.6) is 0 Å². The van der Waals surface area contributed by atoms with Crippen molar-refractivity contribution in [1.29, 1.82) is 0 Å². The summed E-state index contributed by atoms with van der Waals surface area (Å²) in [5.74, 6) is 0.887. The van der Waals surface area contributed by atoms with Crippen molar-refractivity contribution in [3.05, 3.63) is 35.0 Å². The van der Waals surface area contributed by atoms with Gasteiger partial charge in [0.1, 0.15) is 11.3 Å². The third kappa shape index (κ3) is 3.25. The molecule has 1 aromatic carbocycles. The van der Waals surface area contributed by atoms with Crippen molar-refractivity contribution in [2.24, 2.45) is 0 Å². The summed E-state index contributed by atoms with van der Waals surface area (Å²) >= 11 is 5.94. The first-order chi connectivity index (χ1) is 8.56. The normalized spacial score (nSPS) is 14.9. The van der Waals surface area contributed by atoms with Gasteiger partial charge in [0, 0.05) is 10.4 Å². The van der Waals surface area contributed by atoms with Crippen LogP contribution in [0.1, 0.15) is 32.1 Å². The standard InChI is InChI=1S/C14H18ClNO2/c1-9(17)5-6-16-10(2)14-8-11-7-12(15)3-4-13(11)18-14/h3-4,7-10,16-17H,5-6H2,1-2H3. The van der Waals surface area contributed by atoms with E-state index in [-0.39, 0.29) is 12.1 Å². The SMILES string of the molecule is CC(O)CCNC(C)c1cc2cc(Cl)ccc2o1. The average molecular weight is 268 g/mol. The van der Waals surface area contributed by atoms with Crippen molar-refractivity contribution >= 4 is 22.6 Å². The van der Waals surface area contributed by atoms with E-state index in [1.54, 1.807) is 6.92 Å². The maximum absolute atomic E-state index is 9.20. The fourth-order valence-corrected chi connectivity index (χ4v) is 2.04. The zero-order valence-electron chi connectivity index (χ0n) is 10.6. The second-order valence-electron chi connectivity index (χ2n) is 4.64. The molecule has 0 aliphatic heterocycles. The third-order valence-electron chi connectivity index (χ3n) is 2.94. The number of aliphatic hydroxyl groups is 1. The predicted molar refractivity (Wildman–Crippen MR) is 73.9 cm³/mol. The highest BCUT2D eigenvalue weighted by atomic mass is 35.5. The second-order valence-corrected chi connectivity index (χ2v) is 5.08. The highest BCUT2D eigenvalue weighted by Crippen LogP contribution is 2.26. The average Bonchev–Trinajstić information content (AvgIpc) is 2.71. The van der Waals surface area contributed by atoms with Crippen LogP contribution in [0, 0.1) is 0 Å². The molecule has 0 aliphatic carbocycles. The van der Waals surface area contributed by atoms with Crippen molar-refractivity contribution in [2.75, 3.05) is 6.54 Å². The number of furan rings is 1. The Morgan fingerprint density at radius 2 is 2.11 bits per heavy atom. The quantitative estimate of drug-likeness (QED) is 0.871. The van der Waals surface area contributed by atoms with Crippen LogP contribution < -0.4 is 5.32 Å². The fourth-order valence-electron chi connectivity index (χ4n) is 1.86. The van der Waals surface area contributed by atoms with E-state index in [4.69, 9.17) is 16.0 Å². The number of benzene rings is 1. The van der Waals surface area contributed by atoms with Crippen LogP contribution in [0.3, 0.4) is 0 Å². The van der Waals surface area contributed by atoms with E-state index < -0.39 is 0 Å². The Bertz CT molecular complexity index is 521. The minimum absolute atomic E-state index is 0.120. The molecule has 0 spiro atoms. The summed E-state index contributed by atoms with van der Waals surface area (Å²) in [6.07, 6.45) is 0.454. The summed E-state index contributed by atoms with van der Waals surface area (Å²) in [5, 5.41) is 14.2. The Kier molecular flexibility index (Phi) is 4.27. The van der Waals surface area contributed by atoms with Crippen LogP contribution in [-0.2, 0) is 0 Å². The van der Waals surface area contributed by atoms with E-state index >= 15 is 0 Å². The lowest BCUT2D eigenvalue weighted by molar-refractivity contribution is 0.182. The van der Waals surface area contributed by atoms with E-state index in [0.29, 0.717) is 5.02 Å². The van der Waals surface area contributed by atoms with E-state index in [2.05, 4.69) is 5.32 Å². The number of aliphatic hydroxyl groups excluding tert-OH is 1. The molecule has 0 bridgehead atoms. The van der Waals surface area contributed by atoms with Crippen LogP contribution in [0.4, 0.5) is 0 Å². The molecule has 0 saturated carbocycles. The summed E-state index contributed by atoms with van der Waals surface area (Å²) in [6.45, 7) is 4.59. The van der Waals surface area contributed by atoms with E-state index in [1.165, 1.54) is 0 Å². The molecule has 0 fully saturated rings. The molecule has 4 heteroatoms. The summed E-state index contributed by atoms with van der Waals surface area (Å²) in [6, 6.07) is 7.72. The minimum atomic E-state index is -0.279. The first-order valence-electron chi connectivity index (χ1n) is 6.16. The molecular weight excluding hydrogens is 250 g/mol. The van der Waals surface area contributed by atoms with E-state index in [0.717, 1.165) is 29.7 Å². The molecule has 0 amide bonds. The summed E-state index contributed by atoms with van der Waals surface area (Å²) < 4.78 is 5.76. The van der Waals surface area contributed by atoms with Gasteiger partial charge in [-0.3, -0.25) is 0 Å². The van der Waals surface area contributed by atoms with Crippen LogP contribution in [0.2, 0.25) is 5.02 Å². The minimum Gasteiger partial charge on any atom is -0.459 e. The summed E-state index contributed by atoms with van der Waals surface area (Å²) in [4.78, 5) is 0. The molecule has 18 heavy (non-hydrogen) atoms. The summed E-state index contributed by atoms with van der Waals surface area (Å²) in [7, 11) is 0. The Hall–Kier alpha value is -1.03. The van der Waals surface area contributed by atoms with Gasteiger partial charge >= 0.3 is 0 Å². The first kappa shape index (κ1) is 13.4. The van der Waals surface area contributed by atoms with Crippen LogP contribution in [0.25, 0.3) is 11.0 Å². The van der Waals surface area contributed by atoms with Crippen molar-refractivity contribution in [1.82, 2.24) is 5.32 Å². The molecule has 2 unspecified atom stereocenters. The lowest BCUT2D eigenvalue weighted by Gasteiger charge is -2.11. The van der Waals surface area contributed by atoms with Crippen LogP contribution in [0.15, 0.2) is 28.7 Å². The van der Waals surface area contributed by atoms with Gasteiger partial charge in [-0.1, -0.05) is 11.6 Å². The zero-order chi connectivity index (χ0) is 13.1. The van der Waals surface area contributed by atoms with Crippen molar-refractivity contribution in [2.45, 2.75) is 32.4 Å². The predicted octanol–water partition coefficient (Wildman–Crippen LogP) is 3.51. The van der Waals surface area contributed by atoms with E-state index in [9.17, 15) is 5.11 Å². The summed E-state index contributed by atoms with van der Waals surface area (Å²) in [5.41, 5.74) is 0.846. The fraction of sp³-hybridized carbons (Fsp3) is 0.429. The lowest BCUT2D eigenvalue weighted by atomic mass is 10.2. The molecule has 1 aromatic heterocycles. The monoisotopic (exact) mass is 267 g/mol. The molecule has 2 rings (SSSR count). The number of hydrogen-bond acceptors (Lipinski definition) is 3. The Balaban J connectivity index is 2.06. The molecule has 2 aromatic rings. The van der Waals surface area contributed by atoms with Crippen LogP contribution in [-0.4, -0.2) is 17.8 Å². The van der Waals surface area contributed by atoms with Gasteiger partial charge in [-0.05, 0) is 51.1 Å². The largest absolute Gasteiger partial charge is 0.459 e.